The minimum atomic E-state index is -4.11. The van der Waals surface area contributed by atoms with Gasteiger partial charge >= 0.3 is 7.87 Å². The van der Waals surface area contributed by atoms with E-state index in [0.717, 1.165) is 12.7 Å². The van der Waals surface area contributed by atoms with Gasteiger partial charge in [0.15, 0.2) is 11.6 Å². The number of benzene rings is 1. The maximum absolute atomic E-state index is 11.5. The van der Waals surface area contributed by atoms with E-state index in [4.69, 9.17) is 0 Å². The molecule has 188 valence electrons. The Morgan fingerprint density at radius 1 is 1.12 bits per heavy atom. The van der Waals surface area contributed by atoms with Crippen LogP contribution in [0.5, 0.6) is 11.6 Å². The molecule has 0 spiro atoms. The first-order valence-corrected chi connectivity index (χ1v) is 14.3. The van der Waals surface area contributed by atoms with Crippen LogP contribution in [-0.4, -0.2) is 45.1 Å². The van der Waals surface area contributed by atoms with Crippen LogP contribution in [0.1, 0.15) is 59.2 Å². The zero-order chi connectivity index (χ0) is 25.9. The Labute approximate surface area is 201 Å². The zero-order valence-corrected chi connectivity index (χ0v) is 22.2. The van der Waals surface area contributed by atoms with Crippen molar-refractivity contribution in [2.75, 3.05) is 16.3 Å². The fourth-order valence-corrected chi connectivity index (χ4v) is 5.72. The Kier molecular flexibility index (Phi) is 6.50. The Bertz CT molecular complexity index is 1250. The smallest absolute Gasteiger partial charge is 0.429 e. The van der Waals surface area contributed by atoms with Crippen molar-refractivity contribution in [3.8, 4) is 11.6 Å². The summed E-state index contributed by atoms with van der Waals surface area (Å²) in [5.74, 6) is -0.495. The summed E-state index contributed by atoms with van der Waals surface area (Å²) in [7, 11) is -7.67. The van der Waals surface area contributed by atoms with Crippen LogP contribution < -0.4 is 15.3 Å². The van der Waals surface area contributed by atoms with Gasteiger partial charge in [0.2, 0.25) is 21.2 Å². The maximum atomic E-state index is 11.5. The lowest BCUT2D eigenvalue weighted by Gasteiger charge is -2.25. The summed E-state index contributed by atoms with van der Waals surface area (Å²) in [6.07, 6.45) is 1.72. The summed E-state index contributed by atoms with van der Waals surface area (Å²) in [4.78, 5) is 21.6. The van der Waals surface area contributed by atoms with Crippen molar-refractivity contribution in [2.24, 2.45) is 10.2 Å². The zero-order valence-electron chi connectivity index (χ0n) is 20.5. The molecule has 1 aliphatic heterocycles. The number of anilines is 2. The van der Waals surface area contributed by atoms with Gasteiger partial charge in [-0.15, -0.1) is 0 Å². The Morgan fingerprint density at radius 3 is 2.26 bits per heavy atom. The third-order valence-electron chi connectivity index (χ3n) is 5.36. The number of hydrogen-bond acceptors (Lipinski definition) is 8. The van der Waals surface area contributed by atoms with Crippen molar-refractivity contribution in [3.05, 3.63) is 29.5 Å². The van der Waals surface area contributed by atoms with Crippen LogP contribution in [0.2, 0.25) is 0 Å². The number of nitrogens with one attached hydrogen (secondary N) is 2. The van der Waals surface area contributed by atoms with Crippen LogP contribution >= 0.6 is 7.87 Å². The van der Waals surface area contributed by atoms with E-state index >= 15 is 0 Å². The number of amidine groups is 1. The van der Waals surface area contributed by atoms with Crippen LogP contribution in [0, 0.1) is 5.41 Å². The van der Waals surface area contributed by atoms with Gasteiger partial charge in [-0.1, -0.05) is 41.5 Å². The maximum Gasteiger partial charge on any atom is 0.429 e. The lowest BCUT2D eigenvalue weighted by molar-refractivity contribution is 0.319. The highest BCUT2D eigenvalue weighted by Gasteiger charge is 2.46. The molecule has 1 aliphatic rings. The van der Waals surface area contributed by atoms with E-state index in [9.17, 15) is 28.4 Å². The molecule has 34 heavy (non-hydrogen) atoms. The molecule has 2 aromatic rings. The van der Waals surface area contributed by atoms with Gasteiger partial charge in [0.05, 0.1) is 23.3 Å². The molecule has 3 rings (SSSR count). The van der Waals surface area contributed by atoms with Crippen LogP contribution in [0.3, 0.4) is 0 Å². The highest BCUT2D eigenvalue weighted by Crippen LogP contribution is 2.56. The Hall–Kier alpha value is -2.33. The summed E-state index contributed by atoms with van der Waals surface area (Å²) in [5, 5.41) is 25.3. The van der Waals surface area contributed by atoms with Crippen molar-refractivity contribution in [3.63, 3.8) is 0 Å². The molecular weight excluding hydrogens is 479 g/mol. The predicted octanol–water partition coefficient (Wildman–Crippen LogP) is 3.25. The summed E-state index contributed by atoms with van der Waals surface area (Å²) >= 11 is 0. The van der Waals surface area contributed by atoms with Crippen molar-refractivity contribution in [2.45, 2.75) is 59.9 Å². The molecule has 1 aromatic carbocycles. The van der Waals surface area contributed by atoms with Crippen LogP contribution in [0.25, 0.3) is 0 Å². The molecule has 0 radical (unpaired) electrons. The molecule has 10 nitrogen and oxygen atoms in total. The fourth-order valence-electron chi connectivity index (χ4n) is 3.86. The minimum absolute atomic E-state index is 0.0181. The average molecular weight is 514 g/mol. The molecule has 0 saturated heterocycles. The molecule has 12 heteroatoms. The summed E-state index contributed by atoms with van der Waals surface area (Å²) in [5.41, 5.74) is 0.379. The van der Waals surface area contributed by atoms with E-state index in [1.54, 1.807) is 4.57 Å². The lowest BCUT2D eigenvalue weighted by atomic mass is 9.89. The number of fused-ring (bicyclic) bond motifs is 1. The van der Waals surface area contributed by atoms with Gasteiger partial charge in [0.1, 0.15) is 5.56 Å². The molecule has 6 N–H and O–H groups in total. The van der Waals surface area contributed by atoms with E-state index in [0.29, 0.717) is 12.2 Å². The number of aromatic hydroxyl groups is 2. The SMILES string of the molecule is CC(C)(C)CCn1c(O)c(C2=N[P+](O)(O)c3cc(NS(C)(=O)=O)ccc3N2)c(O)c1C(C)(C)C. The molecule has 0 bridgehead atoms. The molecule has 0 saturated carbocycles. The number of nitrogens with zero attached hydrogens (tertiary/aromatic N) is 2. The van der Waals surface area contributed by atoms with Gasteiger partial charge in [-0.3, -0.25) is 4.72 Å². The van der Waals surface area contributed by atoms with E-state index < -0.39 is 23.3 Å². The first kappa shape index (κ1) is 26.3. The monoisotopic (exact) mass is 513 g/mol. The standard InChI is InChI=1S/C22H33N4O6PS/c1-21(2,3)10-11-26-18(22(4,5)6)17(27)16(20(26)28)19-23-14-9-8-13(25-34(7,31)32)12-15(14)33(29,30)24-19/h8-9,12,25,29-30H,10-11H2,1-7H3,(H2-,23,24,27,28)/p+1. The summed E-state index contributed by atoms with van der Waals surface area (Å²) in [6, 6.07) is 4.24. The first-order valence-electron chi connectivity index (χ1n) is 10.8. The highest BCUT2D eigenvalue weighted by atomic mass is 32.2. The number of hydrogen-bond donors (Lipinski definition) is 6. The number of aromatic nitrogens is 1. The van der Waals surface area contributed by atoms with Crippen molar-refractivity contribution in [1.29, 1.82) is 0 Å². The van der Waals surface area contributed by atoms with E-state index in [-0.39, 0.29) is 45.1 Å². The Morgan fingerprint density at radius 2 is 1.74 bits per heavy atom. The second-order valence-corrected chi connectivity index (χ2v) is 14.4. The normalized spacial score (nSPS) is 16.0. The molecule has 0 unspecified atom stereocenters. The first-order chi connectivity index (χ1) is 15.3. The van der Waals surface area contributed by atoms with Gasteiger partial charge in [0.25, 0.3) is 0 Å². The lowest BCUT2D eigenvalue weighted by Crippen LogP contribution is -2.27. The molecule has 0 atom stereocenters. The van der Waals surface area contributed by atoms with Crippen LogP contribution in [0.15, 0.2) is 23.0 Å². The third-order valence-corrected chi connectivity index (χ3v) is 7.46. The summed E-state index contributed by atoms with van der Waals surface area (Å²) < 4.78 is 31.1. The molecular formula is C22H34N4O6PS+. The van der Waals surface area contributed by atoms with Crippen LogP contribution in [-0.2, 0) is 22.0 Å². The average Bonchev–Trinajstić information content (AvgIpc) is 2.88. The van der Waals surface area contributed by atoms with Gasteiger partial charge < -0.3 is 20.1 Å². The number of sulfonamides is 1. The highest BCUT2D eigenvalue weighted by molar-refractivity contribution is 7.92. The van der Waals surface area contributed by atoms with Crippen molar-refractivity contribution < 1.29 is 28.4 Å². The second-order valence-electron chi connectivity index (χ2n) is 10.9. The summed E-state index contributed by atoms with van der Waals surface area (Å²) in [6.45, 7) is 12.4. The molecule has 2 heterocycles. The predicted molar refractivity (Wildman–Crippen MR) is 137 cm³/mol. The second kappa shape index (κ2) is 8.41. The molecule has 0 fully saturated rings. The van der Waals surface area contributed by atoms with Gasteiger partial charge in [-0.05, 0) is 28.7 Å². The minimum Gasteiger partial charge on any atom is -0.505 e. The van der Waals surface area contributed by atoms with Gasteiger partial charge in [0, 0.05) is 18.0 Å². The Balaban J connectivity index is 2.12. The number of rotatable bonds is 5. The topological polar surface area (TPSA) is 156 Å². The van der Waals surface area contributed by atoms with E-state index in [1.807, 2.05) is 20.8 Å². The van der Waals surface area contributed by atoms with Gasteiger partial charge in [-0.25, -0.2) is 8.42 Å². The molecule has 1 aromatic heterocycles. The van der Waals surface area contributed by atoms with Crippen LogP contribution in [0.4, 0.5) is 11.4 Å². The third kappa shape index (κ3) is 5.49. The molecule has 0 amide bonds. The molecule has 0 aliphatic carbocycles. The fraction of sp³-hybridized carbons (Fsp3) is 0.500. The largest absolute Gasteiger partial charge is 0.505 e. The van der Waals surface area contributed by atoms with Crippen molar-refractivity contribution >= 4 is 40.4 Å². The van der Waals surface area contributed by atoms with Crippen molar-refractivity contribution in [1.82, 2.24) is 4.57 Å². The van der Waals surface area contributed by atoms with Gasteiger partial charge in [-0.2, -0.15) is 9.79 Å². The van der Waals surface area contributed by atoms with E-state index in [1.165, 1.54) is 18.2 Å². The van der Waals surface area contributed by atoms with E-state index in [2.05, 4.69) is 35.6 Å². The quantitative estimate of drug-likeness (QED) is 0.335.